The van der Waals surface area contributed by atoms with Crippen LogP contribution in [0.1, 0.15) is 20.8 Å². The van der Waals surface area contributed by atoms with Gasteiger partial charge in [0, 0.05) is 8.07 Å². The van der Waals surface area contributed by atoms with Crippen LogP contribution in [0, 0.1) is 5.41 Å². The average Bonchev–Trinajstić information content (AvgIpc) is 1.78. The first-order chi connectivity index (χ1) is 5.27. The lowest BCUT2D eigenvalue weighted by Crippen LogP contribution is -2.36. The highest BCUT2D eigenvalue weighted by Gasteiger charge is 2.25. The van der Waals surface area contributed by atoms with Crippen LogP contribution in [0.4, 0.5) is 0 Å². The van der Waals surface area contributed by atoms with Crippen molar-refractivity contribution in [2.45, 2.75) is 46.5 Å². The number of hydrogen-bond donors (Lipinski definition) is 1. The third-order valence-electron chi connectivity index (χ3n) is 1.86. The highest BCUT2D eigenvalue weighted by Crippen LogP contribution is 2.27. The van der Waals surface area contributed by atoms with Crippen molar-refractivity contribution in [3.05, 3.63) is 0 Å². The molecule has 1 N–H and O–H groups in total. The molecule has 0 aromatic rings. The van der Waals surface area contributed by atoms with Crippen LogP contribution in [0.25, 0.3) is 0 Å². The fourth-order valence-corrected chi connectivity index (χ4v) is 4.96. The van der Waals surface area contributed by atoms with Gasteiger partial charge >= 0.3 is 0 Å². The van der Waals surface area contributed by atoms with Crippen LogP contribution in [-0.4, -0.2) is 21.2 Å². The summed E-state index contributed by atoms with van der Waals surface area (Å²) in [6.07, 6.45) is 0. The summed E-state index contributed by atoms with van der Waals surface area (Å²) in [5, 5.41) is 3.43. The van der Waals surface area contributed by atoms with Gasteiger partial charge in [0.1, 0.15) is 0 Å². The molecule has 74 valence electrons. The van der Waals surface area contributed by atoms with E-state index in [0.29, 0.717) is 5.41 Å². The Morgan fingerprint density at radius 2 is 1.67 bits per heavy atom. The van der Waals surface area contributed by atoms with Crippen molar-refractivity contribution in [1.29, 1.82) is 0 Å². The van der Waals surface area contributed by atoms with Gasteiger partial charge in [0.15, 0.2) is 0 Å². The molecule has 0 aromatic carbocycles. The zero-order valence-corrected chi connectivity index (χ0v) is 10.6. The summed E-state index contributed by atoms with van der Waals surface area (Å²) in [7, 11) is -0.883. The molecule has 0 spiro atoms. The fourth-order valence-electron chi connectivity index (χ4n) is 1.96. The van der Waals surface area contributed by atoms with Crippen molar-refractivity contribution in [3.63, 3.8) is 0 Å². The molecular formula is C10H25NSi. The monoisotopic (exact) mass is 187 g/mol. The topological polar surface area (TPSA) is 12.0 Å². The lowest BCUT2D eigenvalue weighted by atomic mass is 9.96. The normalized spacial score (nSPS) is 13.5. The van der Waals surface area contributed by atoms with Crippen molar-refractivity contribution < 1.29 is 0 Å². The second-order valence-electron chi connectivity index (χ2n) is 5.68. The first kappa shape index (κ1) is 12.2. The molecule has 12 heavy (non-hydrogen) atoms. The largest absolute Gasteiger partial charge is 0.316 e. The van der Waals surface area contributed by atoms with Gasteiger partial charge in [-0.1, -0.05) is 46.5 Å². The Bertz CT molecular complexity index is 124. The van der Waals surface area contributed by atoms with Crippen molar-refractivity contribution >= 4 is 8.07 Å². The summed E-state index contributed by atoms with van der Waals surface area (Å²) in [5.74, 6) is 0. The molecular weight excluding hydrogens is 162 g/mol. The Hall–Kier alpha value is 0.177. The van der Waals surface area contributed by atoms with Gasteiger partial charge in [0.2, 0.25) is 0 Å². The summed E-state index contributed by atoms with van der Waals surface area (Å²) < 4.78 is 0. The zero-order valence-electron chi connectivity index (χ0n) is 9.62. The van der Waals surface area contributed by atoms with E-state index in [1.54, 1.807) is 0 Å². The maximum atomic E-state index is 3.43. The van der Waals surface area contributed by atoms with Crippen molar-refractivity contribution in [1.82, 2.24) is 5.32 Å². The maximum Gasteiger partial charge on any atom is 0.0448 e. The molecule has 0 fully saturated rings. The van der Waals surface area contributed by atoms with Crippen molar-refractivity contribution in [3.8, 4) is 0 Å². The Kier molecular flexibility index (Phi) is 4.49. The smallest absolute Gasteiger partial charge is 0.0448 e. The van der Waals surface area contributed by atoms with Gasteiger partial charge in [-0.2, -0.15) is 0 Å². The SMILES string of the molecule is CCNCC(C)(C)C[Si](C)(C)C. The van der Waals surface area contributed by atoms with Gasteiger partial charge in [0.05, 0.1) is 0 Å². The predicted octanol–water partition coefficient (Wildman–Crippen LogP) is 2.96. The Labute approximate surface area is 79.0 Å². The Balaban J connectivity index is 3.86. The molecule has 0 bridgehead atoms. The fraction of sp³-hybridized carbons (Fsp3) is 1.00. The summed E-state index contributed by atoms with van der Waals surface area (Å²) in [5.41, 5.74) is 0.487. The minimum absolute atomic E-state index is 0.487. The molecule has 1 nitrogen and oxygen atoms in total. The second-order valence-corrected chi connectivity index (χ2v) is 11.2. The van der Waals surface area contributed by atoms with Crippen LogP contribution in [0.15, 0.2) is 0 Å². The van der Waals surface area contributed by atoms with E-state index in [0.717, 1.165) is 13.1 Å². The number of rotatable bonds is 5. The molecule has 0 atom stereocenters. The maximum absolute atomic E-state index is 3.43. The first-order valence-corrected chi connectivity index (χ1v) is 8.68. The molecule has 2 heteroatoms. The van der Waals surface area contributed by atoms with Crippen LogP contribution >= 0.6 is 0 Å². The lowest BCUT2D eigenvalue weighted by Gasteiger charge is -2.31. The third kappa shape index (κ3) is 6.86. The predicted molar refractivity (Wildman–Crippen MR) is 60.5 cm³/mol. The van der Waals surface area contributed by atoms with E-state index in [2.05, 4.69) is 45.7 Å². The highest BCUT2D eigenvalue weighted by molar-refractivity contribution is 6.76. The molecule has 0 rings (SSSR count). The molecule has 0 aliphatic rings. The lowest BCUT2D eigenvalue weighted by molar-refractivity contribution is 0.380. The summed E-state index contributed by atoms with van der Waals surface area (Å²) >= 11 is 0. The standard InChI is InChI=1S/C10H25NSi/c1-7-11-8-10(2,3)9-12(4,5)6/h11H,7-9H2,1-6H3. The minimum Gasteiger partial charge on any atom is -0.316 e. The molecule has 0 unspecified atom stereocenters. The average molecular weight is 187 g/mol. The quantitative estimate of drug-likeness (QED) is 0.653. The Morgan fingerprint density at radius 3 is 2.00 bits per heavy atom. The molecule has 0 saturated heterocycles. The first-order valence-electron chi connectivity index (χ1n) is 4.97. The minimum atomic E-state index is -0.883. The Morgan fingerprint density at radius 1 is 1.17 bits per heavy atom. The third-order valence-corrected chi connectivity index (χ3v) is 3.88. The molecule has 0 amide bonds. The van der Waals surface area contributed by atoms with E-state index in [1.165, 1.54) is 6.04 Å². The van der Waals surface area contributed by atoms with E-state index >= 15 is 0 Å². The molecule has 0 aliphatic heterocycles. The van der Waals surface area contributed by atoms with Crippen LogP contribution in [0.5, 0.6) is 0 Å². The summed E-state index contributed by atoms with van der Waals surface area (Å²) in [6, 6.07) is 1.41. The molecule has 0 heterocycles. The van der Waals surface area contributed by atoms with Crippen LogP contribution in [0.2, 0.25) is 25.7 Å². The molecule has 0 aliphatic carbocycles. The molecule has 0 radical (unpaired) electrons. The van der Waals surface area contributed by atoms with E-state index in [4.69, 9.17) is 0 Å². The van der Waals surface area contributed by atoms with Gasteiger partial charge in [-0.3, -0.25) is 0 Å². The van der Waals surface area contributed by atoms with Crippen molar-refractivity contribution in [2.24, 2.45) is 5.41 Å². The zero-order chi connectivity index (χ0) is 9.83. The van der Waals surface area contributed by atoms with E-state index in [1.807, 2.05) is 0 Å². The molecule has 0 aromatic heterocycles. The van der Waals surface area contributed by atoms with Crippen LogP contribution in [-0.2, 0) is 0 Å². The summed E-state index contributed by atoms with van der Waals surface area (Å²) in [4.78, 5) is 0. The van der Waals surface area contributed by atoms with Crippen LogP contribution in [0.3, 0.4) is 0 Å². The molecule has 0 saturated carbocycles. The van der Waals surface area contributed by atoms with E-state index in [9.17, 15) is 0 Å². The van der Waals surface area contributed by atoms with E-state index < -0.39 is 8.07 Å². The van der Waals surface area contributed by atoms with Gasteiger partial charge in [0.25, 0.3) is 0 Å². The van der Waals surface area contributed by atoms with Crippen molar-refractivity contribution in [2.75, 3.05) is 13.1 Å². The highest BCUT2D eigenvalue weighted by atomic mass is 28.3. The van der Waals surface area contributed by atoms with E-state index in [-0.39, 0.29) is 0 Å². The van der Waals surface area contributed by atoms with Gasteiger partial charge in [-0.05, 0) is 18.5 Å². The van der Waals surface area contributed by atoms with Gasteiger partial charge in [-0.25, -0.2) is 0 Å². The number of hydrogen-bond acceptors (Lipinski definition) is 1. The summed E-state index contributed by atoms with van der Waals surface area (Å²) in [6.45, 7) is 16.5. The van der Waals surface area contributed by atoms with Crippen LogP contribution < -0.4 is 5.32 Å². The van der Waals surface area contributed by atoms with Gasteiger partial charge in [-0.15, -0.1) is 0 Å². The second kappa shape index (κ2) is 4.42. The number of nitrogens with one attached hydrogen (secondary N) is 1. The van der Waals surface area contributed by atoms with Gasteiger partial charge < -0.3 is 5.32 Å².